The molecular formula is C17H24N4O2. The molecular weight excluding hydrogens is 292 g/mol. The van der Waals surface area contributed by atoms with Crippen molar-refractivity contribution in [2.45, 2.75) is 19.9 Å². The van der Waals surface area contributed by atoms with E-state index in [2.05, 4.69) is 21.9 Å². The smallest absolute Gasteiger partial charge is 0.251 e. The number of nitrogens with one attached hydrogen (secondary N) is 2. The first-order chi connectivity index (χ1) is 11.2. The summed E-state index contributed by atoms with van der Waals surface area (Å²) in [6, 6.07) is 3.78. The molecule has 2 N–H and O–H groups in total. The van der Waals surface area contributed by atoms with Gasteiger partial charge in [0, 0.05) is 37.3 Å². The van der Waals surface area contributed by atoms with Crippen molar-refractivity contribution in [1.82, 2.24) is 20.4 Å². The van der Waals surface area contributed by atoms with Gasteiger partial charge in [-0.25, -0.2) is 0 Å². The number of hydrogen-bond donors (Lipinski definition) is 2. The number of rotatable bonds is 6. The summed E-state index contributed by atoms with van der Waals surface area (Å²) in [5.41, 5.74) is 2.63. The van der Waals surface area contributed by atoms with E-state index in [0.29, 0.717) is 24.6 Å². The molecule has 0 saturated carbocycles. The van der Waals surface area contributed by atoms with Gasteiger partial charge in [0.05, 0.1) is 12.1 Å². The summed E-state index contributed by atoms with van der Waals surface area (Å²) in [6.07, 6.45) is 3.26. The summed E-state index contributed by atoms with van der Waals surface area (Å²) in [7, 11) is 1.62. The molecule has 6 nitrogen and oxygen atoms in total. The van der Waals surface area contributed by atoms with E-state index >= 15 is 0 Å². The summed E-state index contributed by atoms with van der Waals surface area (Å²) in [5, 5.41) is 12.0. The number of aryl methyl sites for hydroxylation is 1. The first-order valence-corrected chi connectivity index (χ1v) is 8.13. The van der Waals surface area contributed by atoms with Gasteiger partial charge >= 0.3 is 0 Å². The lowest BCUT2D eigenvalue weighted by Crippen LogP contribution is -2.27. The monoisotopic (exact) mass is 316 g/mol. The number of carbonyl (C=O) groups excluding carboxylic acids is 1. The Labute approximate surface area is 136 Å². The van der Waals surface area contributed by atoms with Crippen molar-refractivity contribution in [1.29, 1.82) is 0 Å². The van der Waals surface area contributed by atoms with E-state index in [9.17, 15) is 4.79 Å². The summed E-state index contributed by atoms with van der Waals surface area (Å²) in [4.78, 5) is 12.3. The Balaban J connectivity index is 1.79. The Morgan fingerprint density at radius 1 is 1.52 bits per heavy atom. The molecule has 6 heteroatoms. The van der Waals surface area contributed by atoms with Crippen LogP contribution in [0.25, 0.3) is 10.9 Å². The predicted molar refractivity (Wildman–Crippen MR) is 89.7 cm³/mol. The highest BCUT2D eigenvalue weighted by Crippen LogP contribution is 2.22. The average Bonchev–Trinajstić information content (AvgIpc) is 3.18. The number of amides is 1. The van der Waals surface area contributed by atoms with E-state index in [-0.39, 0.29) is 5.91 Å². The summed E-state index contributed by atoms with van der Waals surface area (Å²) in [6.45, 7) is 6.09. The van der Waals surface area contributed by atoms with Gasteiger partial charge in [0.2, 0.25) is 0 Å². The number of carbonyl (C=O) groups is 1. The molecule has 0 bridgehead atoms. The van der Waals surface area contributed by atoms with Gasteiger partial charge in [0.25, 0.3) is 5.91 Å². The van der Waals surface area contributed by atoms with Crippen molar-refractivity contribution in [3.8, 4) is 0 Å². The Hall–Kier alpha value is -1.92. The van der Waals surface area contributed by atoms with Crippen LogP contribution in [-0.4, -0.2) is 49.0 Å². The largest absolute Gasteiger partial charge is 0.383 e. The van der Waals surface area contributed by atoms with Gasteiger partial charge in [-0.2, -0.15) is 5.10 Å². The molecule has 0 radical (unpaired) electrons. The molecule has 0 spiro atoms. The average molecular weight is 316 g/mol. The molecule has 1 amide bonds. The van der Waals surface area contributed by atoms with E-state index in [4.69, 9.17) is 4.74 Å². The normalized spacial score (nSPS) is 17.7. The molecule has 1 atom stereocenters. The fourth-order valence-electron chi connectivity index (χ4n) is 3.12. The van der Waals surface area contributed by atoms with Gasteiger partial charge in [-0.1, -0.05) is 0 Å². The zero-order chi connectivity index (χ0) is 16.2. The topological polar surface area (TPSA) is 68.2 Å². The molecule has 1 saturated heterocycles. The molecule has 2 heterocycles. The first-order valence-electron chi connectivity index (χ1n) is 8.13. The van der Waals surface area contributed by atoms with Crippen LogP contribution >= 0.6 is 0 Å². The molecule has 0 aliphatic carbocycles. The predicted octanol–water partition coefficient (Wildman–Crippen LogP) is 1.33. The van der Waals surface area contributed by atoms with Crippen molar-refractivity contribution in [2.75, 3.05) is 33.4 Å². The third-order valence-corrected chi connectivity index (χ3v) is 4.45. The number of ether oxygens (including phenoxy) is 1. The molecule has 1 aromatic carbocycles. The van der Waals surface area contributed by atoms with Crippen LogP contribution in [0.15, 0.2) is 18.3 Å². The second-order valence-corrected chi connectivity index (χ2v) is 6.13. The summed E-state index contributed by atoms with van der Waals surface area (Å²) >= 11 is 0. The second-order valence-electron chi connectivity index (χ2n) is 6.13. The zero-order valence-electron chi connectivity index (χ0n) is 13.8. The van der Waals surface area contributed by atoms with Gasteiger partial charge in [-0.3, -0.25) is 9.48 Å². The summed E-state index contributed by atoms with van der Waals surface area (Å²) in [5.74, 6) is 0.579. The zero-order valence-corrected chi connectivity index (χ0v) is 13.8. The highest BCUT2D eigenvalue weighted by atomic mass is 16.5. The minimum absolute atomic E-state index is 0.0609. The Kier molecular flexibility index (Phi) is 4.93. The van der Waals surface area contributed by atoms with Crippen molar-refractivity contribution in [2.24, 2.45) is 5.92 Å². The van der Waals surface area contributed by atoms with Crippen LogP contribution in [0.1, 0.15) is 22.3 Å². The van der Waals surface area contributed by atoms with E-state index in [1.807, 2.05) is 23.7 Å². The first kappa shape index (κ1) is 16.0. The number of aromatic nitrogens is 2. The number of hydrogen-bond acceptors (Lipinski definition) is 4. The second kappa shape index (κ2) is 7.10. The Morgan fingerprint density at radius 2 is 2.39 bits per heavy atom. The lowest BCUT2D eigenvalue weighted by atomic mass is 10.0. The van der Waals surface area contributed by atoms with Crippen LogP contribution in [0.5, 0.6) is 0 Å². The SMILES string of the molecule is COCCNC(=O)c1ccc2nn(C[C@@H]3CCNC3)cc2c1C. The maximum Gasteiger partial charge on any atom is 0.251 e. The van der Waals surface area contributed by atoms with Crippen molar-refractivity contribution in [3.05, 3.63) is 29.5 Å². The fraction of sp³-hybridized carbons (Fsp3) is 0.529. The molecule has 0 unspecified atom stereocenters. The number of fused-ring (bicyclic) bond motifs is 1. The Morgan fingerprint density at radius 3 is 3.13 bits per heavy atom. The minimum atomic E-state index is -0.0609. The van der Waals surface area contributed by atoms with Gasteiger partial charge in [-0.05, 0) is 50.0 Å². The summed E-state index contributed by atoms with van der Waals surface area (Å²) < 4.78 is 6.98. The lowest BCUT2D eigenvalue weighted by molar-refractivity contribution is 0.0936. The van der Waals surface area contributed by atoms with Gasteiger partial charge in [0.1, 0.15) is 0 Å². The molecule has 2 aromatic rings. The van der Waals surface area contributed by atoms with Crippen LogP contribution in [0, 0.1) is 12.8 Å². The Bertz CT molecular complexity index is 689. The lowest BCUT2D eigenvalue weighted by Gasteiger charge is -2.07. The van der Waals surface area contributed by atoms with Gasteiger partial charge in [-0.15, -0.1) is 0 Å². The van der Waals surface area contributed by atoms with Crippen LogP contribution in [0.3, 0.4) is 0 Å². The van der Waals surface area contributed by atoms with Gasteiger partial charge < -0.3 is 15.4 Å². The molecule has 1 aromatic heterocycles. The highest BCUT2D eigenvalue weighted by molar-refractivity contribution is 6.00. The third-order valence-electron chi connectivity index (χ3n) is 4.45. The molecule has 1 aliphatic heterocycles. The molecule has 1 aliphatic rings. The third kappa shape index (κ3) is 3.54. The van der Waals surface area contributed by atoms with Crippen LogP contribution in [0.4, 0.5) is 0 Å². The fourth-order valence-corrected chi connectivity index (χ4v) is 3.12. The van der Waals surface area contributed by atoms with Crippen LogP contribution in [0.2, 0.25) is 0 Å². The van der Waals surface area contributed by atoms with Crippen LogP contribution < -0.4 is 10.6 Å². The number of benzene rings is 1. The van der Waals surface area contributed by atoms with E-state index in [1.165, 1.54) is 6.42 Å². The number of methoxy groups -OCH3 is 1. The van der Waals surface area contributed by atoms with Crippen molar-refractivity contribution >= 4 is 16.8 Å². The molecule has 124 valence electrons. The molecule has 23 heavy (non-hydrogen) atoms. The van der Waals surface area contributed by atoms with Crippen molar-refractivity contribution < 1.29 is 9.53 Å². The molecule has 1 fully saturated rings. The van der Waals surface area contributed by atoms with Crippen LogP contribution in [-0.2, 0) is 11.3 Å². The maximum atomic E-state index is 12.3. The van der Waals surface area contributed by atoms with E-state index in [1.54, 1.807) is 7.11 Å². The quantitative estimate of drug-likeness (QED) is 0.789. The van der Waals surface area contributed by atoms with Gasteiger partial charge in [0.15, 0.2) is 0 Å². The number of nitrogens with zero attached hydrogens (tertiary/aromatic N) is 2. The minimum Gasteiger partial charge on any atom is -0.383 e. The van der Waals surface area contributed by atoms with E-state index < -0.39 is 0 Å². The van der Waals surface area contributed by atoms with Crippen molar-refractivity contribution in [3.63, 3.8) is 0 Å². The standard InChI is InChI=1S/C17H24N4O2/c1-12-14(17(22)19-7-8-23-2)3-4-16-15(12)11-21(20-16)10-13-5-6-18-9-13/h3-4,11,13,18H,5-10H2,1-2H3,(H,19,22)/t13-/m1/s1. The van der Waals surface area contributed by atoms with E-state index in [0.717, 1.165) is 36.1 Å². The highest BCUT2D eigenvalue weighted by Gasteiger charge is 2.17. The molecule has 3 rings (SSSR count). The maximum absolute atomic E-state index is 12.3.